The summed E-state index contributed by atoms with van der Waals surface area (Å²) in [6.07, 6.45) is 22.9. The molecule has 0 bridgehead atoms. The molecule has 0 fully saturated rings. The summed E-state index contributed by atoms with van der Waals surface area (Å²) < 4.78 is 0. The molecule has 0 aromatic heterocycles. The molecule has 0 aliphatic heterocycles. The Kier molecular flexibility index (Phi) is 25.8. The highest BCUT2D eigenvalue weighted by Crippen LogP contribution is 2.10. The first-order chi connectivity index (χ1) is 18.9. The van der Waals surface area contributed by atoms with Crippen molar-refractivity contribution in [3.63, 3.8) is 0 Å². The summed E-state index contributed by atoms with van der Waals surface area (Å²) in [5.41, 5.74) is 0. The van der Waals surface area contributed by atoms with Gasteiger partial charge in [0.2, 0.25) is 11.8 Å². The Morgan fingerprint density at radius 1 is 0.667 bits per heavy atom. The number of carboxylic acid groups (broad SMARTS) is 1. The molecule has 1 atom stereocenters. The Bertz CT molecular complexity index is 680. The quantitative estimate of drug-likeness (QED) is 0.0695. The zero-order valence-electron chi connectivity index (χ0n) is 24.5. The van der Waals surface area contributed by atoms with Gasteiger partial charge in [-0.3, -0.25) is 19.2 Å². The van der Waals surface area contributed by atoms with Crippen LogP contribution in [0.4, 0.5) is 0 Å². The number of carbonyl (C=O) groups is 4. The number of aliphatic carboxylic acids is 1. The first-order valence-electron chi connectivity index (χ1n) is 15.5. The van der Waals surface area contributed by atoms with E-state index >= 15 is 0 Å². The zero-order chi connectivity index (χ0) is 29.0. The van der Waals surface area contributed by atoms with Crippen LogP contribution in [0.2, 0.25) is 0 Å². The third kappa shape index (κ3) is 25.8. The van der Waals surface area contributed by atoms with E-state index in [-0.39, 0.29) is 37.6 Å². The van der Waals surface area contributed by atoms with E-state index in [1.165, 1.54) is 57.8 Å². The third-order valence-electron chi connectivity index (χ3n) is 6.78. The molecule has 0 heterocycles. The Hall–Kier alpha value is -2.22. The fraction of sp³-hybridized carbons (Fsp3) is 0.806. The van der Waals surface area contributed by atoms with Gasteiger partial charge < -0.3 is 20.8 Å². The van der Waals surface area contributed by atoms with E-state index in [0.29, 0.717) is 38.6 Å². The summed E-state index contributed by atoms with van der Waals surface area (Å²) in [5, 5.41) is 23.2. The fourth-order valence-electron chi connectivity index (χ4n) is 4.37. The summed E-state index contributed by atoms with van der Waals surface area (Å²) in [4.78, 5) is 47.0. The van der Waals surface area contributed by atoms with E-state index in [9.17, 15) is 19.2 Å². The van der Waals surface area contributed by atoms with Crippen molar-refractivity contribution in [3.05, 3.63) is 12.2 Å². The van der Waals surface area contributed by atoms with Crippen LogP contribution in [0.5, 0.6) is 0 Å². The Balaban J connectivity index is 3.81. The highest BCUT2D eigenvalue weighted by molar-refractivity contribution is 5.89. The van der Waals surface area contributed by atoms with E-state index in [1.54, 1.807) is 0 Å². The van der Waals surface area contributed by atoms with Gasteiger partial charge in [-0.15, -0.1) is 0 Å². The number of aliphatic hydroxyl groups excluding tert-OH is 1. The molecule has 0 aromatic carbocycles. The molecular weight excluding hydrogens is 496 g/mol. The molecule has 8 nitrogen and oxygen atoms in total. The van der Waals surface area contributed by atoms with Crippen molar-refractivity contribution < 1.29 is 29.4 Å². The Labute approximate surface area is 236 Å². The molecule has 1 unspecified atom stereocenters. The molecule has 4 N–H and O–H groups in total. The van der Waals surface area contributed by atoms with Gasteiger partial charge in [-0.05, 0) is 57.8 Å². The highest BCUT2D eigenvalue weighted by Gasteiger charge is 2.20. The number of unbranched alkanes of at least 4 members (excludes halogenated alkanes) is 12. The van der Waals surface area contributed by atoms with Gasteiger partial charge in [-0.25, -0.2) is 0 Å². The predicted molar refractivity (Wildman–Crippen MR) is 156 cm³/mol. The standard InChI is InChI=1S/C31H56N2O6/c1-2-3-4-5-6-7-8-9-10-11-12-13-14-15-16-22-29(36)32-25-18-17-20-27(28(35)21-19-26-34)33-30(37)23-24-31(38)39/h9-10,27,34H,2-8,11-26H2,1H3,(H,32,36)(H,33,37)(H,38,39)/b10-9-. The third-order valence-corrected chi connectivity index (χ3v) is 6.78. The molecule has 0 radical (unpaired) electrons. The topological polar surface area (TPSA) is 133 Å². The van der Waals surface area contributed by atoms with Crippen LogP contribution >= 0.6 is 0 Å². The smallest absolute Gasteiger partial charge is 0.303 e. The molecule has 0 spiro atoms. The molecule has 0 saturated carbocycles. The van der Waals surface area contributed by atoms with Gasteiger partial charge in [0.25, 0.3) is 0 Å². The molecule has 0 rings (SSSR count). The van der Waals surface area contributed by atoms with Gasteiger partial charge >= 0.3 is 5.97 Å². The second-order valence-electron chi connectivity index (χ2n) is 10.5. The predicted octanol–water partition coefficient (Wildman–Crippen LogP) is 6.00. The number of nitrogens with one attached hydrogen (secondary N) is 2. The summed E-state index contributed by atoms with van der Waals surface area (Å²) in [6, 6.07) is -0.690. The van der Waals surface area contributed by atoms with Crippen LogP contribution in [0.15, 0.2) is 12.2 Å². The highest BCUT2D eigenvalue weighted by atomic mass is 16.4. The lowest BCUT2D eigenvalue weighted by molar-refractivity contribution is -0.139. The monoisotopic (exact) mass is 552 g/mol. The van der Waals surface area contributed by atoms with Gasteiger partial charge in [0.15, 0.2) is 5.78 Å². The van der Waals surface area contributed by atoms with E-state index in [0.717, 1.165) is 25.7 Å². The minimum absolute atomic E-state index is 0.0465. The van der Waals surface area contributed by atoms with Crippen LogP contribution in [0, 0.1) is 0 Å². The van der Waals surface area contributed by atoms with Crippen molar-refractivity contribution in [2.45, 2.75) is 148 Å². The fourth-order valence-corrected chi connectivity index (χ4v) is 4.37. The average molecular weight is 553 g/mol. The van der Waals surface area contributed by atoms with Gasteiger partial charge in [0, 0.05) is 32.4 Å². The Morgan fingerprint density at radius 3 is 1.90 bits per heavy atom. The summed E-state index contributed by atoms with van der Waals surface area (Å²) >= 11 is 0. The second kappa shape index (κ2) is 27.4. The molecular formula is C31H56N2O6. The Morgan fingerprint density at radius 2 is 1.28 bits per heavy atom. The maximum absolute atomic E-state index is 12.4. The molecule has 0 aromatic rings. The van der Waals surface area contributed by atoms with Crippen LogP contribution in [-0.4, -0.2) is 53.0 Å². The van der Waals surface area contributed by atoms with Crippen molar-refractivity contribution in [1.82, 2.24) is 10.6 Å². The van der Waals surface area contributed by atoms with Crippen LogP contribution < -0.4 is 10.6 Å². The lowest BCUT2D eigenvalue weighted by atomic mass is 10.0. The van der Waals surface area contributed by atoms with Crippen molar-refractivity contribution in [3.8, 4) is 0 Å². The van der Waals surface area contributed by atoms with Crippen molar-refractivity contribution >= 4 is 23.6 Å². The molecule has 8 heteroatoms. The number of ketones is 1. The minimum Gasteiger partial charge on any atom is -0.481 e. The maximum atomic E-state index is 12.4. The summed E-state index contributed by atoms with van der Waals surface area (Å²) in [5.74, 6) is -1.65. The molecule has 226 valence electrons. The van der Waals surface area contributed by atoms with Crippen LogP contribution in [-0.2, 0) is 19.2 Å². The average Bonchev–Trinajstić information content (AvgIpc) is 2.91. The normalized spacial score (nSPS) is 11.9. The van der Waals surface area contributed by atoms with Gasteiger partial charge in [-0.1, -0.05) is 70.4 Å². The van der Waals surface area contributed by atoms with Crippen molar-refractivity contribution in [2.75, 3.05) is 13.2 Å². The first-order valence-corrected chi connectivity index (χ1v) is 15.5. The molecule has 0 saturated heterocycles. The number of Topliss-reactive ketones (excluding diaryl/α,β-unsaturated/α-hetero) is 1. The number of amides is 2. The second-order valence-corrected chi connectivity index (χ2v) is 10.5. The van der Waals surface area contributed by atoms with Crippen LogP contribution in [0.25, 0.3) is 0 Å². The molecule has 0 aliphatic rings. The number of hydrogen-bond donors (Lipinski definition) is 4. The van der Waals surface area contributed by atoms with Gasteiger partial charge in [-0.2, -0.15) is 0 Å². The largest absolute Gasteiger partial charge is 0.481 e. The van der Waals surface area contributed by atoms with E-state index in [1.807, 2.05) is 0 Å². The number of allylic oxidation sites excluding steroid dienone is 2. The number of aliphatic hydroxyl groups is 1. The summed E-state index contributed by atoms with van der Waals surface area (Å²) in [6.45, 7) is 2.67. The van der Waals surface area contributed by atoms with Gasteiger partial charge in [0.05, 0.1) is 12.5 Å². The molecule has 0 aliphatic carbocycles. The van der Waals surface area contributed by atoms with Crippen molar-refractivity contribution in [1.29, 1.82) is 0 Å². The number of carboxylic acids is 1. The maximum Gasteiger partial charge on any atom is 0.303 e. The molecule has 2 amide bonds. The minimum atomic E-state index is -1.06. The number of carbonyl (C=O) groups excluding carboxylic acids is 3. The van der Waals surface area contributed by atoms with Gasteiger partial charge in [0.1, 0.15) is 0 Å². The van der Waals surface area contributed by atoms with Crippen molar-refractivity contribution in [2.24, 2.45) is 0 Å². The number of rotatable bonds is 28. The summed E-state index contributed by atoms with van der Waals surface area (Å²) in [7, 11) is 0. The van der Waals surface area contributed by atoms with E-state index < -0.39 is 17.9 Å². The van der Waals surface area contributed by atoms with Crippen LogP contribution in [0.1, 0.15) is 142 Å². The van der Waals surface area contributed by atoms with E-state index in [4.69, 9.17) is 10.2 Å². The van der Waals surface area contributed by atoms with Crippen LogP contribution in [0.3, 0.4) is 0 Å². The lowest BCUT2D eigenvalue weighted by Gasteiger charge is -2.17. The zero-order valence-corrected chi connectivity index (χ0v) is 24.5. The molecule has 39 heavy (non-hydrogen) atoms. The lowest BCUT2D eigenvalue weighted by Crippen LogP contribution is -2.41. The van der Waals surface area contributed by atoms with E-state index in [2.05, 4.69) is 29.7 Å². The SMILES string of the molecule is CCCCCCCC/C=C\CCCCCCCC(=O)NCCCCC(NC(=O)CCC(=O)O)C(=O)CCCO. The first kappa shape index (κ1) is 36.8. The number of hydrogen-bond acceptors (Lipinski definition) is 5.